The molecule has 11 nitrogen and oxygen atoms in total. The second-order valence-corrected chi connectivity index (χ2v) is 16.6. The number of phosphoric acid groups is 1. The van der Waals surface area contributed by atoms with Gasteiger partial charge in [-0.25, -0.2) is 4.57 Å². The van der Waals surface area contributed by atoms with Gasteiger partial charge in [0, 0.05) is 12.8 Å². The number of hydrogen-bond acceptors (Lipinski definition) is 10. The first-order chi connectivity index (χ1) is 28.2. The lowest BCUT2D eigenvalue weighted by molar-refractivity contribution is -0.161. The summed E-state index contributed by atoms with van der Waals surface area (Å²) in [6.07, 6.45) is 43.4. The maximum Gasteiger partial charge on any atom is 0.472 e. The molecular formula is C46H79O11P. The Morgan fingerprint density at radius 3 is 1.71 bits per heavy atom. The Balaban J connectivity index is 2.30. The number of esters is 2. The topological polar surface area (TPSA) is 161 Å². The van der Waals surface area contributed by atoms with E-state index in [1.165, 1.54) is 57.8 Å². The van der Waals surface area contributed by atoms with Crippen molar-refractivity contribution in [1.82, 2.24) is 0 Å². The molecule has 0 aliphatic carbocycles. The number of aliphatic hydroxyl groups is 2. The van der Waals surface area contributed by atoms with Crippen LogP contribution >= 0.6 is 7.82 Å². The van der Waals surface area contributed by atoms with Gasteiger partial charge >= 0.3 is 19.8 Å². The largest absolute Gasteiger partial charge is 0.472 e. The summed E-state index contributed by atoms with van der Waals surface area (Å²) in [6, 6.07) is 0. The monoisotopic (exact) mass is 839 g/mol. The molecular weight excluding hydrogens is 759 g/mol. The smallest absolute Gasteiger partial charge is 0.462 e. The molecule has 0 amide bonds. The third-order valence-corrected chi connectivity index (χ3v) is 10.5. The maximum absolute atomic E-state index is 12.6. The molecule has 0 bridgehead atoms. The summed E-state index contributed by atoms with van der Waals surface area (Å²) in [5.41, 5.74) is 0. The Morgan fingerprint density at radius 2 is 1.12 bits per heavy atom. The molecule has 0 aromatic rings. The van der Waals surface area contributed by atoms with Crippen molar-refractivity contribution in [2.45, 2.75) is 192 Å². The summed E-state index contributed by atoms with van der Waals surface area (Å²) in [4.78, 5) is 35.1. The summed E-state index contributed by atoms with van der Waals surface area (Å²) in [6.45, 7) is 2.23. The number of aliphatic hydroxyl groups excluding tert-OH is 2. The van der Waals surface area contributed by atoms with Crippen LogP contribution in [0.25, 0.3) is 0 Å². The first-order valence-corrected chi connectivity index (χ1v) is 23.9. The molecule has 0 saturated carbocycles. The minimum Gasteiger partial charge on any atom is -0.462 e. The summed E-state index contributed by atoms with van der Waals surface area (Å²) in [7, 11) is -4.64. The zero-order chi connectivity index (χ0) is 42.4. The average Bonchev–Trinajstić information content (AvgIpc) is 3.97. The molecule has 1 aliphatic heterocycles. The standard InChI is InChI=1S/C46H79O11P/c1-3-5-7-9-11-13-15-17-18-19-20-21-23-25-27-29-31-35-46(50)56-42(40-55-58(51,52)54-38-41(48)37-47)39-53-45(49)36-32-34-44-43(57-44)33-30-28-26-24-22-16-14-12-10-8-6-4-2/h11-14,17-18,22,24,28,30,41-44,47-48H,3-10,15-16,19-21,23,25-27,29,31-40H2,1-2H3,(H,51,52)/b13-11-,14-12-,18-17-,24-22-,30-28-/t41-,42+,43?,44?/m0/s1. The highest BCUT2D eigenvalue weighted by atomic mass is 31.2. The van der Waals surface area contributed by atoms with Gasteiger partial charge in [-0.05, 0) is 83.5 Å². The molecule has 0 radical (unpaired) electrons. The predicted octanol–water partition coefficient (Wildman–Crippen LogP) is 10.9. The van der Waals surface area contributed by atoms with Gasteiger partial charge in [-0.15, -0.1) is 0 Å². The summed E-state index contributed by atoms with van der Waals surface area (Å²) < 4.78 is 38.5. The van der Waals surface area contributed by atoms with Crippen LogP contribution < -0.4 is 0 Å². The molecule has 0 aromatic carbocycles. The maximum atomic E-state index is 12.6. The Labute approximate surface area is 351 Å². The van der Waals surface area contributed by atoms with Crippen LogP contribution in [0.1, 0.15) is 168 Å². The lowest BCUT2D eigenvalue weighted by atomic mass is 10.1. The number of ether oxygens (including phenoxy) is 3. The van der Waals surface area contributed by atoms with Crippen LogP contribution in [-0.2, 0) is 37.4 Å². The van der Waals surface area contributed by atoms with Gasteiger partial charge in [0.25, 0.3) is 0 Å². The van der Waals surface area contributed by atoms with Gasteiger partial charge in [0.05, 0.1) is 32.0 Å². The molecule has 5 atom stereocenters. The third-order valence-electron chi connectivity index (χ3n) is 9.57. The molecule has 1 rings (SSSR count). The van der Waals surface area contributed by atoms with Crippen LogP contribution in [0.2, 0.25) is 0 Å². The number of phosphoric ester groups is 1. The fourth-order valence-electron chi connectivity index (χ4n) is 5.99. The Morgan fingerprint density at radius 1 is 0.621 bits per heavy atom. The molecule has 334 valence electrons. The van der Waals surface area contributed by atoms with Gasteiger partial charge in [-0.1, -0.05) is 132 Å². The molecule has 1 saturated heterocycles. The van der Waals surface area contributed by atoms with Gasteiger partial charge in [-0.3, -0.25) is 18.6 Å². The zero-order valence-electron chi connectivity index (χ0n) is 35.9. The SMILES string of the molecule is CCCCC/C=C\C/C=C\C/C=C\CC1OC1CCCC(=O)OC[C@H](COP(=O)(O)OC[C@@H](O)CO)OC(=O)CCCCCCCCC/C=C\C/C=C\CCCCC. The first kappa shape index (κ1) is 53.6. The van der Waals surface area contributed by atoms with Crippen molar-refractivity contribution in [2.24, 2.45) is 0 Å². The second-order valence-electron chi connectivity index (χ2n) is 15.1. The van der Waals surface area contributed by atoms with E-state index in [9.17, 15) is 24.2 Å². The van der Waals surface area contributed by atoms with Gasteiger partial charge in [0.1, 0.15) is 12.7 Å². The average molecular weight is 839 g/mol. The summed E-state index contributed by atoms with van der Waals surface area (Å²) in [5, 5.41) is 18.4. The van der Waals surface area contributed by atoms with Gasteiger partial charge in [0.15, 0.2) is 6.10 Å². The van der Waals surface area contributed by atoms with Crippen LogP contribution in [0.5, 0.6) is 0 Å². The molecule has 0 aromatic heterocycles. The number of hydrogen-bond donors (Lipinski definition) is 3. The highest BCUT2D eigenvalue weighted by Gasteiger charge is 2.36. The first-order valence-electron chi connectivity index (χ1n) is 22.4. The Bertz CT molecular complexity index is 1210. The number of carbonyl (C=O) groups excluding carboxylic acids is 2. The van der Waals surface area contributed by atoms with Crippen molar-refractivity contribution in [1.29, 1.82) is 0 Å². The van der Waals surface area contributed by atoms with Crippen molar-refractivity contribution in [3.63, 3.8) is 0 Å². The van der Waals surface area contributed by atoms with Crippen molar-refractivity contribution in [3.8, 4) is 0 Å². The van der Waals surface area contributed by atoms with Crippen molar-refractivity contribution in [2.75, 3.05) is 26.4 Å². The van der Waals surface area contributed by atoms with Gasteiger partial charge in [-0.2, -0.15) is 0 Å². The lowest BCUT2D eigenvalue weighted by Crippen LogP contribution is -2.29. The van der Waals surface area contributed by atoms with Gasteiger partial charge < -0.3 is 29.3 Å². The van der Waals surface area contributed by atoms with Crippen LogP contribution in [-0.4, -0.2) is 77.9 Å². The normalized spacial score (nSPS) is 17.9. The molecule has 58 heavy (non-hydrogen) atoms. The van der Waals surface area contributed by atoms with E-state index in [-0.39, 0.29) is 31.7 Å². The minimum absolute atomic E-state index is 0.112. The van der Waals surface area contributed by atoms with E-state index in [0.29, 0.717) is 12.8 Å². The Hall–Kier alpha value is -2.37. The van der Waals surface area contributed by atoms with E-state index >= 15 is 0 Å². The zero-order valence-corrected chi connectivity index (χ0v) is 36.8. The van der Waals surface area contributed by atoms with E-state index in [1.807, 2.05) is 0 Å². The van der Waals surface area contributed by atoms with Crippen molar-refractivity contribution in [3.05, 3.63) is 60.8 Å². The van der Waals surface area contributed by atoms with E-state index in [1.54, 1.807) is 0 Å². The third kappa shape index (κ3) is 34.5. The molecule has 12 heteroatoms. The molecule has 1 fully saturated rings. The van der Waals surface area contributed by atoms with E-state index in [4.69, 9.17) is 28.4 Å². The summed E-state index contributed by atoms with van der Waals surface area (Å²) in [5.74, 6) is -1.01. The highest BCUT2D eigenvalue weighted by molar-refractivity contribution is 7.47. The number of rotatable bonds is 40. The highest BCUT2D eigenvalue weighted by Crippen LogP contribution is 2.43. The molecule has 1 aliphatic rings. The number of carbonyl (C=O) groups is 2. The number of epoxide rings is 1. The van der Waals surface area contributed by atoms with Gasteiger partial charge in [0.2, 0.25) is 0 Å². The molecule has 1 heterocycles. The van der Waals surface area contributed by atoms with Crippen molar-refractivity contribution >= 4 is 19.8 Å². The fraction of sp³-hybridized carbons (Fsp3) is 0.739. The van der Waals surface area contributed by atoms with E-state index < -0.39 is 51.8 Å². The minimum atomic E-state index is -4.64. The molecule has 0 spiro atoms. The van der Waals surface area contributed by atoms with E-state index in [0.717, 1.165) is 70.6 Å². The number of allylic oxidation sites excluding steroid dienone is 9. The van der Waals surface area contributed by atoms with Crippen LogP contribution in [0.3, 0.4) is 0 Å². The second kappa shape index (κ2) is 37.6. The predicted molar refractivity (Wildman–Crippen MR) is 232 cm³/mol. The van der Waals surface area contributed by atoms with Crippen LogP contribution in [0.15, 0.2) is 60.8 Å². The molecule has 3 unspecified atom stereocenters. The number of unbranched alkanes of at least 4 members (excludes halogenated alkanes) is 13. The van der Waals surface area contributed by atoms with E-state index in [2.05, 4.69) is 74.6 Å². The Kier molecular flexibility index (Phi) is 34.8. The van der Waals surface area contributed by atoms with Crippen LogP contribution in [0, 0.1) is 0 Å². The fourth-order valence-corrected chi connectivity index (χ4v) is 6.78. The van der Waals surface area contributed by atoms with Crippen molar-refractivity contribution < 1.29 is 52.5 Å². The molecule has 3 N–H and O–H groups in total. The quantitative estimate of drug-likeness (QED) is 0.0177. The van der Waals surface area contributed by atoms with Crippen LogP contribution in [0.4, 0.5) is 0 Å². The summed E-state index contributed by atoms with van der Waals surface area (Å²) >= 11 is 0. The lowest BCUT2D eigenvalue weighted by Gasteiger charge is -2.20.